The number of likely N-dealkylation sites (tertiary alicyclic amines) is 1. The fourth-order valence-corrected chi connectivity index (χ4v) is 5.44. The van der Waals surface area contributed by atoms with E-state index in [9.17, 15) is 14.4 Å². The maximum Gasteiger partial charge on any atom is 0.247 e. The molecule has 1 saturated carbocycles. The highest BCUT2D eigenvalue weighted by molar-refractivity contribution is 6.11. The van der Waals surface area contributed by atoms with Crippen molar-refractivity contribution in [2.45, 2.75) is 32.2 Å². The van der Waals surface area contributed by atoms with Crippen LogP contribution in [-0.4, -0.2) is 28.7 Å². The van der Waals surface area contributed by atoms with Gasteiger partial charge in [0.1, 0.15) is 6.04 Å². The second-order valence-electron chi connectivity index (χ2n) is 8.33. The number of anilines is 1. The molecule has 6 rings (SSSR count). The molecule has 2 aromatic rings. The van der Waals surface area contributed by atoms with Crippen molar-refractivity contribution >= 4 is 34.2 Å². The Balaban J connectivity index is 1.43. The highest BCUT2D eigenvalue weighted by atomic mass is 16.2. The lowest BCUT2D eigenvalue weighted by atomic mass is 9.63. The van der Waals surface area contributed by atoms with E-state index in [2.05, 4.69) is 17.5 Å². The summed E-state index contributed by atoms with van der Waals surface area (Å²) in [6.45, 7) is 1.85. The SMILES string of the molecule is CC[C@H](C(=O)Nc1cccc2ccccc12)N1C(=O)[C@@H]2[C@H](C1=O)[C@H]1C=C[C@H]2CC1. The van der Waals surface area contributed by atoms with Gasteiger partial charge in [0.2, 0.25) is 17.7 Å². The molecule has 0 spiro atoms. The molecule has 0 aromatic heterocycles. The molecule has 2 aromatic carbocycles. The highest BCUT2D eigenvalue weighted by Gasteiger charge is 2.58. The molecule has 148 valence electrons. The van der Waals surface area contributed by atoms with Crippen LogP contribution in [0.2, 0.25) is 0 Å². The lowest BCUT2D eigenvalue weighted by Gasteiger charge is -2.38. The Bertz CT molecular complexity index is 1010. The fourth-order valence-electron chi connectivity index (χ4n) is 5.44. The second-order valence-corrected chi connectivity index (χ2v) is 8.33. The quantitative estimate of drug-likeness (QED) is 0.641. The standard InChI is InChI=1S/C24H24N2O3/c1-2-19(22(27)25-18-9-5-7-14-6-3-4-8-17(14)18)26-23(28)20-15-10-11-16(13-12-15)21(20)24(26)29/h3-11,15-16,19-21H,2,12-13H2,1H3,(H,25,27)/t15-,16-,19+,20-,21+/m0/s1. The molecule has 5 atom stereocenters. The molecule has 1 heterocycles. The van der Waals surface area contributed by atoms with E-state index in [1.54, 1.807) is 0 Å². The molecule has 0 radical (unpaired) electrons. The van der Waals surface area contributed by atoms with E-state index < -0.39 is 6.04 Å². The number of amides is 3. The van der Waals surface area contributed by atoms with Crippen LogP contribution in [0.25, 0.3) is 10.8 Å². The lowest BCUT2D eigenvalue weighted by molar-refractivity contribution is -0.146. The summed E-state index contributed by atoms with van der Waals surface area (Å²) in [7, 11) is 0. The second kappa shape index (κ2) is 6.83. The van der Waals surface area contributed by atoms with Crippen LogP contribution >= 0.6 is 0 Å². The number of fused-ring (bicyclic) bond motifs is 2. The van der Waals surface area contributed by atoms with Gasteiger partial charge in [0, 0.05) is 11.1 Å². The van der Waals surface area contributed by atoms with Crippen LogP contribution in [0.3, 0.4) is 0 Å². The number of hydrogen-bond donors (Lipinski definition) is 1. The number of hydrogen-bond acceptors (Lipinski definition) is 3. The van der Waals surface area contributed by atoms with Gasteiger partial charge >= 0.3 is 0 Å². The van der Waals surface area contributed by atoms with E-state index in [0.717, 1.165) is 23.6 Å². The van der Waals surface area contributed by atoms with E-state index in [0.29, 0.717) is 12.1 Å². The Morgan fingerprint density at radius 2 is 1.62 bits per heavy atom. The van der Waals surface area contributed by atoms with Crippen molar-refractivity contribution in [2.24, 2.45) is 23.7 Å². The first-order valence-corrected chi connectivity index (χ1v) is 10.4. The van der Waals surface area contributed by atoms with Gasteiger partial charge < -0.3 is 5.32 Å². The van der Waals surface area contributed by atoms with E-state index in [1.165, 1.54) is 4.90 Å². The number of imide groups is 1. The molecule has 0 unspecified atom stereocenters. The normalized spacial score (nSPS) is 28.7. The third kappa shape index (κ3) is 2.71. The number of nitrogens with one attached hydrogen (secondary N) is 1. The molecule has 4 aliphatic rings. The fraction of sp³-hybridized carbons (Fsp3) is 0.375. The molecule has 5 nitrogen and oxygen atoms in total. The van der Waals surface area contributed by atoms with Gasteiger partial charge in [-0.15, -0.1) is 0 Å². The molecular formula is C24H24N2O3. The third-order valence-electron chi connectivity index (χ3n) is 6.84. The van der Waals surface area contributed by atoms with Crippen LogP contribution in [-0.2, 0) is 14.4 Å². The highest BCUT2D eigenvalue weighted by Crippen LogP contribution is 2.50. The number of allylic oxidation sites excluding steroid dienone is 2. The maximum atomic E-state index is 13.2. The lowest BCUT2D eigenvalue weighted by Crippen LogP contribution is -2.47. The van der Waals surface area contributed by atoms with Gasteiger partial charge in [0.15, 0.2) is 0 Å². The van der Waals surface area contributed by atoms with Crippen LogP contribution in [0.5, 0.6) is 0 Å². The summed E-state index contributed by atoms with van der Waals surface area (Å²) in [6, 6.07) is 12.8. The zero-order valence-electron chi connectivity index (χ0n) is 16.4. The van der Waals surface area contributed by atoms with Gasteiger partial charge in [-0.25, -0.2) is 0 Å². The molecular weight excluding hydrogens is 364 g/mol. The van der Waals surface area contributed by atoms with E-state index >= 15 is 0 Å². The van der Waals surface area contributed by atoms with Gasteiger partial charge in [-0.1, -0.05) is 55.5 Å². The van der Waals surface area contributed by atoms with Gasteiger partial charge in [0.25, 0.3) is 0 Å². The van der Waals surface area contributed by atoms with Gasteiger partial charge in [-0.05, 0) is 42.6 Å². The van der Waals surface area contributed by atoms with Gasteiger partial charge in [-0.3, -0.25) is 19.3 Å². The third-order valence-corrected chi connectivity index (χ3v) is 6.84. The van der Waals surface area contributed by atoms with E-state index in [4.69, 9.17) is 0 Å². The Morgan fingerprint density at radius 1 is 1.00 bits per heavy atom. The summed E-state index contributed by atoms with van der Waals surface area (Å²) in [5.41, 5.74) is 0.699. The first-order valence-electron chi connectivity index (χ1n) is 10.4. The molecule has 3 amide bonds. The first-order chi connectivity index (χ1) is 14.1. The minimum atomic E-state index is -0.779. The Hall–Kier alpha value is -2.95. The number of carbonyl (C=O) groups is 3. The molecule has 1 aliphatic heterocycles. The number of carbonyl (C=O) groups excluding carboxylic acids is 3. The predicted molar refractivity (Wildman–Crippen MR) is 111 cm³/mol. The topological polar surface area (TPSA) is 66.5 Å². The van der Waals surface area contributed by atoms with Gasteiger partial charge in [-0.2, -0.15) is 0 Å². The molecule has 1 N–H and O–H groups in total. The summed E-state index contributed by atoms with van der Waals surface area (Å²) < 4.78 is 0. The minimum absolute atomic E-state index is 0.130. The van der Waals surface area contributed by atoms with Crippen LogP contribution in [0.1, 0.15) is 26.2 Å². The van der Waals surface area contributed by atoms with Crippen LogP contribution in [0.15, 0.2) is 54.6 Å². The zero-order chi connectivity index (χ0) is 20.1. The van der Waals surface area contributed by atoms with Crippen LogP contribution < -0.4 is 5.32 Å². The van der Waals surface area contributed by atoms with Crippen molar-refractivity contribution in [3.8, 4) is 0 Å². The summed E-state index contributed by atoms with van der Waals surface area (Å²) in [4.78, 5) is 40.9. The summed E-state index contributed by atoms with van der Waals surface area (Å²) in [5.74, 6) is -0.950. The van der Waals surface area contributed by atoms with Gasteiger partial charge in [0.05, 0.1) is 11.8 Å². The van der Waals surface area contributed by atoms with Crippen LogP contribution in [0, 0.1) is 23.7 Å². The average Bonchev–Trinajstić information content (AvgIpc) is 3.03. The summed E-state index contributed by atoms with van der Waals surface area (Å²) >= 11 is 0. The molecule has 5 heteroatoms. The molecule has 3 aliphatic carbocycles. The monoisotopic (exact) mass is 388 g/mol. The Morgan fingerprint density at radius 3 is 2.24 bits per heavy atom. The predicted octanol–water partition coefficient (Wildman–Crippen LogP) is 3.75. The number of benzene rings is 2. The molecule has 2 bridgehead atoms. The van der Waals surface area contributed by atoms with Crippen LogP contribution in [0.4, 0.5) is 5.69 Å². The maximum absolute atomic E-state index is 13.2. The zero-order valence-corrected chi connectivity index (χ0v) is 16.4. The molecule has 29 heavy (non-hydrogen) atoms. The first kappa shape index (κ1) is 18.1. The van der Waals surface area contributed by atoms with Crippen molar-refractivity contribution in [2.75, 3.05) is 5.32 Å². The number of rotatable bonds is 4. The summed E-state index contributed by atoms with van der Waals surface area (Å²) in [5, 5.41) is 4.94. The van der Waals surface area contributed by atoms with Crippen molar-refractivity contribution in [3.05, 3.63) is 54.6 Å². The average molecular weight is 388 g/mol. The van der Waals surface area contributed by atoms with E-state index in [-0.39, 0.29) is 41.4 Å². The van der Waals surface area contributed by atoms with Crippen molar-refractivity contribution in [3.63, 3.8) is 0 Å². The Kier molecular flexibility index (Phi) is 4.26. The van der Waals surface area contributed by atoms with Crippen molar-refractivity contribution in [1.29, 1.82) is 0 Å². The summed E-state index contributed by atoms with van der Waals surface area (Å²) in [6.07, 6.45) is 6.50. The number of nitrogens with zero attached hydrogens (tertiary/aromatic N) is 1. The Labute approximate surface area is 169 Å². The van der Waals surface area contributed by atoms with Crippen molar-refractivity contribution in [1.82, 2.24) is 4.90 Å². The smallest absolute Gasteiger partial charge is 0.247 e. The van der Waals surface area contributed by atoms with E-state index in [1.807, 2.05) is 49.4 Å². The minimum Gasteiger partial charge on any atom is -0.324 e. The van der Waals surface area contributed by atoms with Crippen molar-refractivity contribution < 1.29 is 14.4 Å². The largest absolute Gasteiger partial charge is 0.324 e. The molecule has 1 saturated heterocycles. The molecule has 2 fully saturated rings.